The summed E-state index contributed by atoms with van der Waals surface area (Å²) in [6.45, 7) is 6.57. The Bertz CT molecular complexity index is 679. The van der Waals surface area contributed by atoms with Gasteiger partial charge in [0.25, 0.3) is 0 Å². The van der Waals surface area contributed by atoms with Crippen LogP contribution in [-0.2, 0) is 10.0 Å². The van der Waals surface area contributed by atoms with Gasteiger partial charge in [-0.1, -0.05) is 24.3 Å². The van der Waals surface area contributed by atoms with Crippen molar-refractivity contribution in [1.29, 1.82) is 0 Å². The van der Waals surface area contributed by atoms with E-state index in [9.17, 15) is 8.42 Å². The Morgan fingerprint density at radius 2 is 2.04 bits per heavy atom. The van der Waals surface area contributed by atoms with E-state index in [0.29, 0.717) is 19.0 Å². The second kappa shape index (κ2) is 10.3. The van der Waals surface area contributed by atoms with Crippen LogP contribution in [0.5, 0.6) is 0 Å². The number of rotatable bonds is 6. The first-order valence-electron chi connectivity index (χ1n) is 8.45. The van der Waals surface area contributed by atoms with Gasteiger partial charge in [0.2, 0.25) is 10.0 Å². The summed E-state index contributed by atoms with van der Waals surface area (Å²) < 4.78 is 25.4. The molecule has 1 saturated heterocycles. The smallest absolute Gasteiger partial charge is 0.211 e. The first kappa shape index (κ1) is 22.2. The number of aliphatic imine (C=N–C) groups is 1. The van der Waals surface area contributed by atoms with Gasteiger partial charge in [-0.05, 0) is 31.4 Å². The highest BCUT2D eigenvalue weighted by atomic mass is 127. The van der Waals surface area contributed by atoms with E-state index in [1.165, 1.54) is 11.1 Å². The fourth-order valence-electron chi connectivity index (χ4n) is 3.07. The van der Waals surface area contributed by atoms with Crippen molar-refractivity contribution in [3.8, 4) is 0 Å². The Hall–Kier alpha value is -0.870. The standard InChI is InChI=1S/C17H28N4O2S.HI/c1-4-24(22,23)20-11-10-19-17(18-3)21-12-9-15(13-21)16-8-6-5-7-14(16)2;/h5-8,15,20H,4,9-13H2,1-3H3,(H,18,19);1H. The average molecular weight is 480 g/mol. The predicted octanol–water partition coefficient (Wildman–Crippen LogP) is 1.92. The Morgan fingerprint density at radius 3 is 2.68 bits per heavy atom. The van der Waals surface area contributed by atoms with Gasteiger partial charge in [-0.3, -0.25) is 4.99 Å². The molecule has 6 nitrogen and oxygen atoms in total. The maximum absolute atomic E-state index is 11.4. The predicted molar refractivity (Wildman–Crippen MR) is 114 cm³/mol. The molecule has 1 fully saturated rings. The van der Waals surface area contributed by atoms with Crippen molar-refractivity contribution in [3.63, 3.8) is 0 Å². The van der Waals surface area contributed by atoms with Crippen molar-refractivity contribution >= 4 is 40.0 Å². The number of aryl methyl sites for hydroxylation is 1. The minimum absolute atomic E-state index is 0. The van der Waals surface area contributed by atoms with Crippen molar-refractivity contribution < 1.29 is 8.42 Å². The van der Waals surface area contributed by atoms with Gasteiger partial charge in [0, 0.05) is 39.1 Å². The summed E-state index contributed by atoms with van der Waals surface area (Å²) in [4.78, 5) is 6.57. The van der Waals surface area contributed by atoms with Gasteiger partial charge in [0.1, 0.15) is 0 Å². The molecule has 8 heteroatoms. The summed E-state index contributed by atoms with van der Waals surface area (Å²) in [7, 11) is -1.37. The molecule has 0 spiro atoms. The topological polar surface area (TPSA) is 73.8 Å². The molecule has 1 aromatic carbocycles. The minimum atomic E-state index is -3.14. The molecule has 0 bridgehead atoms. The van der Waals surface area contributed by atoms with Crippen LogP contribution >= 0.6 is 24.0 Å². The first-order valence-corrected chi connectivity index (χ1v) is 10.1. The number of hydrogen-bond donors (Lipinski definition) is 2. The maximum atomic E-state index is 11.4. The molecular formula is C17H29IN4O2S. The highest BCUT2D eigenvalue weighted by molar-refractivity contribution is 14.0. The Kier molecular flexibility index (Phi) is 9.15. The summed E-state index contributed by atoms with van der Waals surface area (Å²) >= 11 is 0. The molecule has 2 N–H and O–H groups in total. The van der Waals surface area contributed by atoms with Gasteiger partial charge < -0.3 is 10.2 Å². The van der Waals surface area contributed by atoms with Crippen molar-refractivity contribution in [2.75, 3.05) is 39.0 Å². The zero-order valence-electron chi connectivity index (χ0n) is 15.2. The molecule has 0 aromatic heterocycles. The molecule has 25 heavy (non-hydrogen) atoms. The van der Waals surface area contributed by atoms with Crippen LogP contribution in [0.1, 0.15) is 30.4 Å². The number of likely N-dealkylation sites (tertiary alicyclic amines) is 1. The second-order valence-corrected chi connectivity index (χ2v) is 8.16. The Labute approximate surface area is 168 Å². The lowest BCUT2D eigenvalue weighted by atomic mass is 9.94. The van der Waals surface area contributed by atoms with E-state index in [2.05, 4.69) is 51.1 Å². The molecule has 1 aliphatic heterocycles. The van der Waals surface area contributed by atoms with E-state index in [1.54, 1.807) is 14.0 Å². The number of guanidine groups is 1. The van der Waals surface area contributed by atoms with Gasteiger partial charge in [0.15, 0.2) is 5.96 Å². The van der Waals surface area contributed by atoms with Gasteiger partial charge in [0.05, 0.1) is 5.75 Å². The molecule has 1 unspecified atom stereocenters. The molecule has 1 heterocycles. The number of benzene rings is 1. The van der Waals surface area contributed by atoms with Gasteiger partial charge in [-0.25, -0.2) is 13.1 Å². The van der Waals surface area contributed by atoms with Gasteiger partial charge in [-0.2, -0.15) is 0 Å². The third-order valence-corrected chi connectivity index (χ3v) is 5.84. The molecule has 0 saturated carbocycles. The number of halogens is 1. The van der Waals surface area contributed by atoms with E-state index in [4.69, 9.17) is 0 Å². The summed E-state index contributed by atoms with van der Waals surface area (Å²) in [5.74, 6) is 1.46. The lowest BCUT2D eigenvalue weighted by Crippen LogP contribution is -2.43. The van der Waals surface area contributed by atoms with E-state index < -0.39 is 10.0 Å². The van der Waals surface area contributed by atoms with E-state index >= 15 is 0 Å². The first-order chi connectivity index (χ1) is 11.5. The van der Waals surface area contributed by atoms with Crippen LogP contribution in [0, 0.1) is 6.92 Å². The highest BCUT2D eigenvalue weighted by Gasteiger charge is 2.26. The fourth-order valence-corrected chi connectivity index (χ4v) is 3.68. The molecule has 142 valence electrons. The maximum Gasteiger partial charge on any atom is 0.211 e. The lowest BCUT2D eigenvalue weighted by molar-refractivity contribution is 0.485. The number of sulfonamides is 1. The molecule has 0 radical (unpaired) electrons. The minimum Gasteiger partial charge on any atom is -0.355 e. The number of nitrogens with zero attached hydrogens (tertiary/aromatic N) is 2. The van der Waals surface area contributed by atoms with E-state index in [0.717, 1.165) is 25.5 Å². The number of hydrogen-bond acceptors (Lipinski definition) is 3. The van der Waals surface area contributed by atoms with Gasteiger partial charge in [-0.15, -0.1) is 24.0 Å². The molecule has 1 aliphatic rings. The van der Waals surface area contributed by atoms with Crippen molar-refractivity contribution in [3.05, 3.63) is 35.4 Å². The zero-order valence-corrected chi connectivity index (χ0v) is 18.3. The largest absolute Gasteiger partial charge is 0.355 e. The Morgan fingerprint density at radius 1 is 1.32 bits per heavy atom. The third-order valence-electron chi connectivity index (χ3n) is 4.44. The van der Waals surface area contributed by atoms with Gasteiger partial charge >= 0.3 is 0 Å². The van der Waals surface area contributed by atoms with Crippen molar-refractivity contribution in [2.45, 2.75) is 26.2 Å². The van der Waals surface area contributed by atoms with Crippen molar-refractivity contribution in [1.82, 2.24) is 14.9 Å². The SMILES string of the molecule is CCS(=O)(=O)NCCNC(=NC)N1CCC(c2ccccc2C)C1.I. The third kappa shape index (κ3) is 6.41. The normalized spacial score (nSPS) is 18.1. The average Bonchev–Trinajstić information content (AvgIpc) is 3.05. The van der Waals surface area contributed by atoms with Crippen LogP contribution in [0.25, 0.3) is 0 Å². The van der Waals surface area contributed by atoms with Crippen LogP contribution in [0.15, 0.2) is 29.3 Å². The number of nitrogens with one attached hydrogen (secondary N) is 2. The van der Waals surface area contributed by atoms with Crippen LogP contribution < -0.4 is 10.0 Å². The molecule has 2 rings (SSSR count). The van der Waals surface area contributed by atoms with Crippen LogP contribution in [0.3, 0.4) is 0 Å². The molecule has 0 amide bonds. The zero-order chi connectivity index (χ0) is 17.6. The van der Waals surface area contributed by atoms with E-state index in [1.807, 2.05) is 0 Å². The van der Waals surface area contributed by atoms with Crippen molar-refractivity contribution in [2.24, 2.45) is 4.99 Å². The van der Waals surface area contributed by atoms with Crippen LogP contribution in [-0.4, -0.2) is 58.3 Å². The molecule has 1 atom stereocenters. The summed E-state index contributed by atoms with van der Waals surface area (Å²) in [5.41, 5.74) is 2.74. The second-order valence-electron chi connectivity index (χ2n) is 6.06. The van der Waals surface area contributed by atoms with Crippen LogP contribution in [0.4, 0.5) is 0 Å². The monoisotopic (exact) mass is 480 g/mol. The molecular weight excluding hydrogens is 451 g/mol. The Balaban J connectivity index is 0.00000312. The van der Waals surface area contributed by atoms with E-state index in [-0.39, 0.29) is 29.7 Å². The lowest BCUT2D eigenvalue weighted by Gasteiger charge is -2.22. The fraction of sp³-hybridized carbons (Fsp3) is 0.588. The molecule has 1 aromatic rings. The summed E-state index contributed by atoms with van der Waals surface area (Å²) in [5, 5.41) is 3.24. The highest BCUT2D eigenvalue weighted by Crippen LogP contribution is 2.29. The summed E-state index contributed by atoms with van der Waals surface area (Å²) in [6.07, 6.45) is 1.11. The summed E-state index contributed by atoms with van der Waals surface area (Å²) in [6, 6.07) is 8.53. The quantitative estimate of drug-likeness (QED) is 0.283. The van der Waals surface area contributed by atoms with Crippen LogP contribution in [0.2, 0.25) is 0 Å². The molecule has 0 aliphatic carbocycles.